The van der Waals surface area contributed by atoms with E-state index in [1.165, 1.54) is 21.3 Å². The first kappa shape index (κ1) is 21.0. The Kier molecular flexibility index (Phi) is 6.36. The molecule has 0 saturated carbocycles. The number of non-ortho nitro benzene ring substituents is 1. The van der Waals surface area contributed by atoms with Gasteiger partial charge in [-0.15, -0.1) is 0 Å². The number of benzene rings is 2. The lowest BCUT2D eigenvalue weighted by molar-refractivity contribution is -0.384. The lowest BCUT2D eigenvalue weighted by Gasteiger charge is -2.33. The SMILES string of the molecule is O=C(COc1ccc(Cl)cc1)N1CCN(S(=O)(=O)c2ccc([N+](=O)[O-])cc2)CC1. The number of nitrogens with zero attached hydrogens (tertiary/aromatic N) is 3. The second kappa shape index (κ2) is 8.76. The quantitative estimate of drug-likeness (QED) is 0.504. The highest BCUT2D eigenvalue weighted by Crippen LogP contribution is 2.21. The fourth-order valence-electron chi connectivity index (χ4n) is 2.83. The summed E-state index contributed by atoms with van der Waals surface area (Å²) in [5, 5.41) is 11.3. The molecule has 0 N–H and O–H groups in total. The van der Waals surface area contributed by atoms with Gasteiger partial charge >= 0.3 is 0 Å². The molecule has 2 aromatic carbocycles. The number of rotatable bonds is 6. The molecule has 1 aliphatic rings. The molecule has 0 atom stereocenters. The molecule has 2 aromatic rings. The van der Waals surface area contributed by atoms with Crippen molar-refractivity contribution in [1.82, 2.24) is 9.21 Å². The zero-order chi connectivity index (χ0) is 21.0. The van der Waals surface area contributed by atoms with Crippen LogP contribution in [-0.4, -0.2) is 61.2 Å². The van der Waals surface area contributed by atoms with Crippen molar-refractivity contribution < 1.29 is 22.9 Å². The highest BCUT2D eigenvalue weighted by atomic mass is 35.5. The Labute approximate surface area is 172 Å². The van der Waals surface area contributed by atoms with Crippen LogP contribution in [0.5, 0.6) is 5.75 Å². The molecule has 1 heterocycles. The first-order valence-electron chi connectivity index (χ1n) is 8.68. The maximum atomic E-state index is 12.7. The maximum Gasteiger partial charge on any atom is 0.269 e. The van der Waals surface area contributed by atoms with Crippen LogP contribution in [0.25, 0.3) is 0 Å². The summed E-state index contributed by atoms with van der Waals surface area (Å²) in [5.41, 5.74) is -0.181. The van der Waals surface area contributed by atoms with Gasteiger partial charge in [-0.25, -0.2) is 8.42 Å². The van der Waals surface area contributed by atoms with Gasteiger partial charge < -0.3 is 9.64 Å². The number of sulfonamides is 1. The summed E-state index contributed by atoms with van der Waals surface area (Å²) in [5.74, 6) is 0.273. The normalized spacial score (nSPS) is 15.1. The molecule has 154 valence electrons. The van der Waals surface area contributed by atoms with Gasteiger partial charge in [0.2, 0.25) is 10.0 Å². The zero-order valence-corrected chi connectivity index (χ0v) is 16.8. The third kappa shape index (κ3) is 5.03. The lowest BCUT2D eigenvalue weighted by Crippen LogP contribution is -2.51. The summed E-state index contributed by atoms with van der Waals surface area (Å²) in [6, 6.07) is 11.4. The average molecular weight is 440 g/mol. The molecule has 11 heteroatoms. The van der Waals surface area contributed by atoms with Crippen LogP contribution in [0.3, 0.4) is 0 Å². The van der Waals surface area contributed by atoms with Gasteiger partial charge in [-0.1, -0.05) is 11.6 Å². The number of nitro groups is 1. The third-order valence-electron chi connectivity index (χ3n) is 4.45. The number of ether oxygens (including phenoxy) is 1. The van der Waals surface area contributed by atoms with Crippen molar-refractivity contribution in [3.05, 3.63) is 63.7 Å². The van der Waals surface area contributed by atoms with Gasteiger partial charge in [0, 0.05) is 43.3 Å². The van der Waals surface area contributed by atoms with Gasteiger partial charge in [-0.3, -0.25) is 14.9 Å². The monoisotopic (exact) mass is 439 g/mol. The first-order valence-corrected chi connectivity index (χ1v) is 10.5. The Balaban J connectivity index is 1.55. The molecule has 1 fully saturated rings. The van der Waals surface area contributed by atoms with E-state index in [1.54, 1.807) is 24.3 Å². The predicted octanol–water partition coefficient (Wildman–Crippen LogP) is 2.16. The Bertz CT molecular complexity index is 987. The molecule has 0 unspecified atom stereocenters. The molecular formula is C18H18ClN3O6S. The molecule has 3 rings (SSSR count). The summed E-state index contributed by atoms with van der Waals surface area (Å²) in [4.78, 5) is 24.0. The molecular weight excluding hydrogens is 422 g/mol. The smallest absolute Gasteiger partial charge is 0.269 e. The minimum absolute atomic E-state index is 0.0195. The third-order valence-corrected chi connectivity index (χ3v) is 6.62. The molecule has 1 aliphatic heterocycles. The van der Waals surface area contributed by atoms with Crippen molar-refractivity contribution in [2.24, 2.45) is 0 Å². The molecule has 0 spiro atoms. The second-order valence-corrected chi connectivity index (χ2v) is 8.65. The predicted molar refractivity (Wildman–Crippen MR) is 105 cm³/mol. The van der Waals surface area contributed by atoms with E-state index in [1.807, 2.05) is 0 Å². The molecule has 0 aromatic heterocycles. The van der Waals surface area contributed by atoms with Crippen LogP contribution in [0, 0.1) is 10.1 Å². The summed E-state index contributed by atoms with van der Waals surface area (Å²) in [7, 11) is -3.78. The lowest BCUT2D eigenvalue weighted by atomic mass is 10.3. The molecule has 1 saturated heterocycles. The second-order valence-electron chi connectivity index (χ2n) is 6.28. The van der Waals surface area contributed by atoms with Crippen molar-refractivity contribution >= 4 is 33.2 Å². The van der Waals surface area contributed by atoms with Crippen LogP contribution in [0.4, 0.5) is 5.69 Å². The van der Waals surface area contributed by atoms with Crippen LogP contribution in [0.15, 0.2) is 53.4 Å². The molecule has 0 bridgehead atoms. The van der Waals surface area contributed by atoms with Crippen LogP contribution in [0.1, 0.15) is 0 Å². The fraction of sp³-hybridized carbons (Fsp3) is 0.278. The number of halogens is 1. The minimum atomic E-state index is -3.78. The Morgan fingerprint density at radius 2 is 1.62 bits per heavy atom. The molecule has 0 radical (unpaired) electrons. The summed E-state index contributed by atoms with van der Waals surface area (Å²) in [6.45, 7) is 0.568. The number of amides is 1. The highest BCUT2D eigenvalue weighted by molar-refractivity contribution is 7.89. The molecule has 9 nitrogen and oxygen atoms in total. The van der Waals surface area contributed by atoms with Crippen molar-refractivity contribution in [1.29, 1.82) is 0 Å². The van der Waals surface area contributed by atoms with Crippen LogP contribution >= 0.6 is 11.6 Å². The minimum Gasteiger partial charge on any atom is -0.484 e. The Morgan fingerprint density at radius 3 is 2.17 bits per heavy atom. The number of nitro benzene ring substituents is 1. The van der Waals surface area contributed by atoms with Crippen LogP contribution in [-0.2, 0) is 14.8 Å². The molecule has 1 amide bonds. The molecule has 29 heavy (non-hydrogen) atoms. The number of carbonyl (C=O) groups excluding carboxylic acids is 1. The standard InChI is InChI=1S/C18H18ClN3O6S/c19-14-1-5-16(6-2-14)28-13-18(23)20-9-11-21(12-10-20)29(26,27)17-7-3-15(4-8-17)22(24)25/h1-8H,9-13H2. The van der Waals surface area contributed by atoms with E-state index in [0.717, 1.165) is 12.1 Å². The van der Waals surface area contributed by atoms with E-state index in [9.17, 15) is 23.3 Å². The van der Waals surface area contributed by atoms with Crippen molar-refractivity contribution in [3.63, 3.8) is 0 Å². The van der Waals surface area contributed by atoms with Gasteiger partial charge in [0.15, 0.2) is 6.61 Å². The highest BCUT2D eigenvalue weighted by Gasteiger charge is 2.30. The number of piperazine rings is 1. The van der Waals surface area contributed by atoms with E-state index in [2.05, 4.69) is 0 Å². The summed E-state index contributed by atoms with van der Waals surface area (Å²) in [6.07, 6.45) is 0. The maximum absolute atomic E-state index is 12.7. The molecule has 0 aliphatic carbocycles. The van der Waals surface area contributed by atoms with Crippen molar-refractivity contribution in [2.75, 3.05) is 32.8 Å². The fourth-order valence-corrected chi connectivity index (χ4v) is 4.38. The largest absolute Gasteiger partial charge is 0.484 e. The average Bonchev–Trinajstić information content (AvgIpc) is 2.73. The van der Waals surface area contributed by atoms with Gasteiger partial charge in [0.05, 0.1) is 9.82 Å². The number of hydrogen-bond acceptors (Lipinski definition) is 6. The number of hydrogen-bond donors (Lipinski definition) is 0. The Hall–Kier alpha value is -2.69. The van der Waals surface area contributed by atoms with Crippen molar-refractivity contribution in [2.45, 2.75) is 4.90 Å². The van der Waals surface area contributed by atoms with E-state index in [0.29, 0.717) is 10.8 Å². The van der Waals surface area contributed by atoms with E-state index in [-0.39, 0.29) is 49.3 Å². The number of carbonyl (C=O) groups is 1. The Morgan fingerprint density at radius 1 is 1.03 bits per heavy atom. The van der Waals surface area contributed by atoms with Gasteiger partial charge in [0.25, 0.3) is 11.6 Å². The topological polar surface area (TPSA) is 110 Å². The van der Waals surface area contributed by atoms with Gasteiger partial charge in [0.1, 0.15) is 5.75 Å². The van der Waals surface area contributed by atoms with Gasteiger partial charge in [-0.05, 0) is 36.4 Å². The van der Waals surface area contributed by atoms with Gasteiger partial charge in [-0.2, -0.15) is 4.31 Å². The summed E-state index contributed by atoms with van der Waals surface area (Å²) >= 11 is 5.80. The van der Waals surface area contributed by atoms with E-state index < -0.39 is 14.9 Å². The van der Waals surface area contributed by atoms with Crippen molar-refractivity contribution in [3.8, 4) is 5.75 Å². The first-order chi connectivity index (χ1) is 13.8. The van der Waals surface area contributed by atoms with E-state index >= 15 is 0 Å². The summed E-state index contributed by atoms with van der Waals surface area (Å²) < 4.78 is 32.1. The van der Waals surface area contributed by atoms with E-state index in [4.69, 9.17) is 16.3 Å². The van der Waals surface area contributed by atoms with Crippen LogP contribution < -0.4 is 4.74 Å². The van der Waals surface area contributed by atoms with Crippen LogP contribution in [0.2, 0.25) is 5.02 Å². The zero-order valence-electron chi connectivity index (χ0n) is 15.2.